The van der Waals surface area contributed by atoms with E-state index in [-0.39, 0.29) is 22.9 Å². The predicted octanol–water partition coefficient (Wildman–Crippen LogP) is 6.03. The Kier molecular flexibility index (Phi) is 9.00. The van der Waals surface area contributed by atoms with Gasteiger partial charge in [0.25, 0.3) is 0 Å². The maximum absolute atomic E-state index is 15.5. The molecule has 4 N–H and O–H groups in total. The van der Waals surface area contributed by atoms with Gasteiger partial charge < -0.3 is 30.4 Å². The third-order valence-electron chi connectivity index (χ3n) is 7.44. The van der Waals surface area contributed by atoms with Crippen molar-refractivity contribution in [3.05, 3.63) is 64.5 Å². The standard InChI is InChI=1S/C31H39FN2O4/c1-5-19(2)34-16-17-38-22-13-10-20(11-14-22)18-24-27(29(33)28(32)31(37-4)30(24)36-3)26-23-9-7-6-8-21(23)12-15-25(26)35/h10-15,19,34-35H,5-9,16-18,33H2,1-4H3. The number of fused-ring (bicyclic) bond motifs is 1. The molecular formula is C31H39FN2O4. The fourth-order valence-corrected chi connectivity index (χ4v) is 5.22. The average Bonchev–Trinajstić information content (AvgIpc) is 2.94. The number of phenolic OH excluding ortho intramolecular Hbond substituents is 1. The van der Waals surface area contributed by atoms with Crippen LogP contribution in [0.1, 0.15) is 55.4 Å². The first-order chi connectivity index (χ1) is 18.4. The number of phenols is 1. The van der Waals surface area contributed by atoms with Crippen molar-refractivity contribution in [2.24, 2.45) is 0 Å². The summed E-state index contributed by atoms with van der Waals surface area (Å²) < 4.78 is 32.5. The van der Waals surface area contributed by atoms with Crippen molar-refractivity contribution >= 4 is 5.69 Å². The molecule has 0 aromatic heterocycles. The Labute approximate surface area is 224 Å². The van der Waals surface area contributed by atoms with Crippen LogP contribution in [0.4, 0.5) is 10.1 Å². The SMILES string of the molecule is CCC(C)NCCOc1ccc(Cc2c(OC)c(OC)c(F)c(N)c2-c2c(O)ccc3c2CCCC3)cc1. The Bertz CT molecular complexity index is 1260. The number of hydrogen-bond donors (Lipinski definition) is 3. The van der Waals surface area contributed by atoms with Crippen molar-refractivity contribution in [3.8, 4) is 34.1 Å². The molecule has 7 heteroatoms. The van der Waals surface area contributed by atoms with E-state index in [0.717, 1.165) is 61.1 Å². The number of nitrogens with two attached hydrogens (primary N) is 1. The van der Waals surface area contributed by atoms with Gasteiger partial charge in [-0.15, -0.1) is 0 Å². The van der Waals surface area contributed by atoms with Gasteiger partial charge in [0.05, 0.1) is 19.9 Å². The van der Waals surface area contributed by atoms with Crippen LogP contribution in [0.3, 0.4) is 0 Å². The molecule has 0 heterocycles. The molecule has 6 nitrogen and oxygen atoms in total. The van der Waals surface area contributed by atoms with Crippen molar-refractivity contribution in [2.45, 2.75) is 58.4 Å². The van der Waals surface area contributed by atoms with E-state index in [1.807, 2.05) is 30.3 Å². The van der Waals surface area contributed by atoms with Gasteiger partial charge in [-0.2, -0.15) is 0 Å². The molecule has 0 spiro atoms. The van der Waals surface area contributed by atoms with E-state index in [0.29, 0.717) is 35.8 Å². The second-order valence-electron chi connectivity index (χ2n) is 9.88. The molecule has 3 aromatic rings. The normalized spacial score (nSPS) is 13.6. The first kappa shape index (κ1) is 27.6. The van der Waals surface area contributed by atoms with Crippen molar-refractivity contribution in [1.29, 1.82) is 0 Å². The van der Waals surface area contributed by atoms with Gasteiger partial charge in [0.1, 0.15) is 18.1 Å². The lowest BCUT2D eigenvalue weighted by Gasteiger charge is -2.25. The molecule has 0 aliphatic heterocycles. The molecule has 1 unspecified atom stereocenters. The quantitative estimate of drug-likeness (QED) is 0.210. The highest BCUT2D eigenvalue weighted by molar-refractivity contribution is 5.89. The summed E-state index contributed by atoms with van der Waals surface area (Å²) in [6, 6.07) is 11.9. The molecule has 0 fully saturated rings. The lowest BCUT2D eigenvalue weighted by Crippen LogP contribution is -2.29. The van der Waals surface area contributed by atoms with Crippen LogP contribution in [0.5, 0.6) is 23.0 Å². The largest absolute Gasteiger partial charge is 0.507 e. The number of anilines is 1. The fourth-order valence-electron chi connectivity index (χ4n) is 5.22. The van der Waals surface area contributed by atoms with Gasteiger partial charge in [0.15, 0.2) is 17.3 Å². The summed E-state index contributed by atoms with van der Waals surface area (Å²) in [4.78, 5) is 0. The molecule has 0 amide bonds. The molecule has 0 saturated carbocycles. The summed E-state index contributed by atoms with van der Waals surface area (Å²) in [7, 11) is 2.89. The van der Waals surface area contributed by atoms with E-state index in [9.17, 15) is 5.11 Å². The van der Waals surface area contributed by atoms with Gasteiger partial charge in [0, 0.05) is 35.7 Å². The topological polar surface area (TPSA) is 86.0 Å². The highest BCUT2D eigenvalue weighted by Crippen LogP contribution is 2.50. The minimum Gasteiger partial charge on any atom is -0.507 e. The van der Waals surface area contributed by atoms with Crippen LogP contribution in [-0.2, 0) is 19.3 Å². The number of ether oxygens (including phenoxy) is 3. The van der Waals surface area contributed by atoms with E-state index < -0.39 is 5.82 Å². The van der Waals surface area contributed by atoms with E-state index in [1.165, 1.54) is 14.2 Å². The van der Waals surface area contributed by atoms with Crippen LogP contribution < -0.4 is 25.3 Å². The molecule has 4 rings (SSSR count). The Morgan fingerprint density at radius 3 is 2.39 bits per heavy atom. The highest BCUT2D eigenvalue weighted by Gasteiger charge is 2.29. The molecule has 3 aromatic carbocycles. The maximum Gasteiger partial charge on any atom is 0.199 e. The molecule has 1 atom stereocenters. The Morgan fingerprint density at radius 2 is 1.71 bits per heavy atom. The average molecular weight is 523 g/mol. The van der Waals surface area contributed by atoms with Crippen molar-refractivity contribution in [3.63, 3.8) is 0 Å². The van der Waals surface area contributed by atoms with Gasteiger partial charge in [-0.3, -0.25) is 0 Å². The summed E-state index contributed by atoms with van der Waals surface area (Å²) in [6.45, 7) is 5.65. The number of methoxy groups -OCH3 is 2. The number of aromatic hydroxyl groups is 1. The van der Waals surface area contributed by atoms with E-state index in [1.54, 1.807) is 6.07 Å². The number of hydrogen-bond acceptors (Lipinski definition) is 6. The number of rotatable bonds is 11. The van der Waals surface area contributed by atoms with Crippen LogP contribution in [0.25, 0.3) is 11.1 Å². The van der Waals surface area contributed by atoms with Crippen molar-refractivity contribution in [2.75, 3.05) is 33.1 Å². The summed E-state index contributed by atoms with van der Waals surface area (Å²) in [5.74, 6) is 0.406. The summed E-state index contributed by atoms with van der Waals surface area (Å²) in [6.07, 6.45) is 5.28. The third-order valence-corrected chi connectivity index (χ3v) is 7.44. The molecule has 0 radical (unpaired) electrons. The van der Waals surface area contributed by atoms with Crippen LogP contribution >= 0.6 is 0 Å². The first-order valence-corrected chi connectivity index (χ1v) is 13.4. The van der Waals surface area contributed by atoms with Crippen molar-refractivity contribution in [1.82, 2.24) is 5.32 Å². The highest BCUT2D eigenvalue weighted by atomic mass is 19.1. The fraction of sp³-hybridized carbons (Fsp3) is 0.419. The molecule has 1 aliphatic carbocycles. The number of aryl methyl sites for hydroxylation is 1. The number of nitrogen functional groups attached to an aromatic ring is 1. The van der Waals surface area contributed by atoms with E-state index >= 15 is 4.39 Å². The first-order valence-electron chi connectivity index (χ1n) is 13.4. The molecule has 1 aliphatic rings. The van der Waals surface area contributed by atoms with Crippen molar-refractivity contribution < 1.29 is 23.7 Å². The third kappa shape index (κ3) is 5.68. The zero-order valence-electron chi connectivity index (χ0n) is 22.8. The number of benzene rings is 3. The predicted molar refractivity (Wildman–Crippen MR) is 150 cm³/mol. The zero-order chi connectivity index (χ0) is 27.2. The number of halogens is 1. The van der Waals surface area contributed by atoms with Gasteiger partial charge in [-0.1, -0.05) is 25.1 Å². The summed E-state index contributed by atoms with van der Waals surface area (Å²) in [5, 5.41) is 14.4. The van der Waals surface area contributed by atoms with Crippen LogP contribution in [0.15, 0.2) is 36.4 Å². The maximum atomic E-state index is 15.5. The van der Waals surface area contributed by atoms with Crippen LogP contribution in [0, 0.1) is 5.82 Å². The minimum absolute atomic E-state index is 0.0400. The second-order valence-corrected chi connectivity index (χ2v) is 9.88. The summed E-state index contributed by atoms with van der Waals surface area (Å²) >= 11 is 0. The summed E-state index contributed by atoms with van der Waals surface area (Å²) in [5.41, 5.74) is 11.3. The molecule has 38 heavy (non-hydrogen) atoms. The zero-order valence-corrected chi connectivity index (χ0v) is 22.8. The molecule has 0 bridgehead atoms. The Hall–Kier alpha value is -3.45. The monoisotopic (exact) mass is 522 g/mol. The lowest BCUT2D eigenvalue weighted by atomic mass is 9.82. The van der Waals surface area contributed by atoms with Gasteiger partial charge in [0.2, 0.25) is 0 Å². The minimum atomic E-state index is -0.689. The van der Waals surface area contributed by atoms with Gasteiger partial charge in [-0.05, 0) is 73.9 Å². The van der Waals surface area contributed by atoms with Gasteiger partial charge in [-0.25, -0.2) is 4.39 Å². The van der Waals surface area contributed by atoms with E-state index in [2.05, 4.69) is 19.2 Å². The van der Waals surface area contributed by atoms with Crippen LogP contribution in [-0.4, -0.2) is 38.5 Å². The molecule has 0 saturated heterocycles. The van der Waals surface area contributed by atoms with Crippen LogP contribution in [0.2, 0.25) is 0 Å². The second kappa shape index (κ2) is 12.4. The lowest BCUT2D eigenvalue weighted by molar-refractivity contribution is 0.306. The number of nitrogens with one attached hydrogen (secondary N) is 1. The molecule has 204 valence electrons. The Balaban J connectivity index is 1.73. The van der Waals surface area contributed by atoms with E-state index in [4.69, 9.17) is 19.9 Å². The molecular weight excluding hydrogens is 483 g/mol. The smallest absolute Gasteiger partial charge is 0.199 e. The van der Waals surface area contributed by atoms with Gasteiger partial charge >= 0.3 is 0 Å². The Morgan fingerprint density at radius 1 is 1.00 bits per heavy atom.